The third-order valence-electron chi connectivity index (χ3n) is 2.42. The van der Waals surface area contributed by atoms with E-state index >= 15 is 0 Å². The van der Waals surface area contributed by atoms with Gasteiger partial charge in [0.05, 0.1) is 11.5 Å². The molecular formula is C7H13N5O2S. The lowest BCUT2D eigenvalue weighted by Crippen LogP contribution is -2.35. The number of hydrogen-bond acceptors (Lipinski definition) is 6. The number of anilines is 1. The third kappa shape index (κ3) is 2.44. The lowest BCUT2D eigenvalue weighted by Gasteiger charge is -2.22. The monoisotopic (exact) mass is 231 g/mol. The number of tetrazole rings is 1. The molecule has 0 spiro atoms. The Labute approximate surface area is 87.8 Å². The highest BCUT2D eigenvalue weighted by molar-refractivity contribution is 7.91. The quantitative estimate of drug-likeness (QED) is 0.716. The molecule has 2 heterocycles. The number of rotatable bonds is 2. The molecule has 0 aliphatic carbocycles. The molecule has 1 atom stereocenters. The Morgan fingerprint density at radius 3 is 2.93 bits per heavy atom. The summed E-state index contributed by atoms with van der Waals surface area (Å²) in [7, 11) is -1.18. The van der Waals surface area contributed by atoms with Gasteiger partial charge in [-0.1, -0.05) is 5.10 Å². The maximum absolute atomic E-state index is 11.4. The minimum absolute atomic E-state index is 0.0755. The number of sulfone groups is 1. The lowest BCUT2D eigenvalue weighted by molar-refractivity contribution is 0.559. The van der Waals surface area contributed by atoms with Crippen molar-refractivity contribution in [3.8, 4) is 0 Å². The zero-order valence-electron chi connectivity index (χ0n) is 8.42. The van der Waals surface area contributed by atoms with Crippen molar-refractivity contribution in [3.63, 3.8) is 0 Å². The number of aromatic nitrogens is 4. The minimum Gasteiger partial charge on any atom is -0.349 e. The van der Waals surface area contributed by atoms with Crippen molar-refractivity contribution >= 4 is 15.8 Å². The van der Waals surface area contributed by atoms with E-state index in [0.717, 1.165) is 6.42 Å². The molecule has 1 aliphatic heterocycles. The fraction of sp³-hybridized carbons (Fsp3) is 0.857. The van der Waals surface area contributed by atoms with Crippen LogP contribution in [0, 0.1) is 0 Å². The molecule has 84 valence electrons. The Morgan fingerprint density at radius 1 is 1.53 bits per heavy atom. The highest BCUT2D eigenvalue weighted by Gasteiger charge is 2.25. The van der Waals surface area contributed by atoms with Crippen LogP contribution < -0.4 is 5.32 Å². The van der Waals surface area contributed by atoms with E-state index in [2.05, 4.69) is 20.8 Å². The first kappa shape index (κ1) is 10.3. The highest BCUT2D eigenvalue weighted by Crippen LogP contribution is 2.15. The first-order valence-corrected chi connectivity index (χ1v) is 6.58. The van der Waals surface area contributed by atoms with Gasteiger partial charge in [-0.05, 0) is 23.3 Å². The van der Waals surface area contributed by atoms with Gasteiger partial charge in [-0.15, -0.1) is 0 Å². The van der Waals surface area contributed by atoms with Crippen molar-refractivity contribution < 1.29 is 8.42 Å². The summed E-state index contributed by atoms with van der Waals surface area (Å²) in [5, 5.41) is 13.9. The second-order valence-electron chi connectivity index (χ2n) is 3.72. The third-order valence-corrected chi connectivity index (χ3v) is 4.24. The number of nitrogens with zero attached hydrogens (tertiary/aromatic N) is 4. The molecule has 1 saturated heterocycles. The van der Waals surface area contributed by atoms with Crippen LogP contribution in [-0.2, 0) is 16.9 Å². The molecule has 15 heavy (non-hydrogen) atoms. The summed E-state index contributed by atoms with van der Waals surface area (Å²) in [5.74, 6) is 0.972. The van der Waals surface area contributed by atoms with Crippen molar-refractivity contribution in [2.45, 2.75) is 18.9 Å². The summed E-state index contributed by atoms with van der Waals surface area (Å²) >= 11 is 0. The Bertz CT molecular complexity index is 440. The molecule has 8 heteroatoms. The van der Waals surface area contributed by atoms with Gasteiger partial charge in [-0.25, -0.2) is 13.1 Å². The zero-order chi connectivity index (χ0) is 10.9. The SMILES string of the molecule is Cn1nnnc1NC1CCCS(=O)(=O)C1. The number of aryl methyl sites for hydroxylation is 1. The van der Waals surface area contributed by atoms with Crippen LogP contribution in [0.5, 0.6) is 0 Å². The van der Waals surface area contributed by atoms with Gasteiger partial charge in [0.15, 0.2) is 9.84 Å². The number of nitrogens with one attached hydrogen (secondary N) is 1. The maximum atomic E-state index is 11.4. The molecule has 1 aromatic rings. The van der Waals surface area contributed by atoms with Crippen LogP contribution in [0.15, 0.2) is 0 Å². The molecule has 7 nitrogen and oxygen atoms in total. The van der Waals surface area contributed by atoms with Crippen LogP contribution in [0.2, 0.25) is 0 Å². The largest absolute Gasteiger partial charge is 0.349 e. The molecule has 0 saturated carbocycles. The van der Waals surface area contributed by atoms with Gasteiger partial charge in [0, 0.05) is 13.1 Å². The predicted molar refractivity (Wildman–Crippen MR) is 54.1 cm³/mol. The molecule has 2 rings (SSSR count). The molecule has 1 unspecified atom stereocenters. The Morgan fingerprint density at radius 2 is 2.33 bits per heavy atom. The van der Waals surface area contributed by atoms with Crippen LogP contribution in [0.25, 0.3) is 0 Å². The molecular weight excluding hydrogens is 218 g/mol. The second kappa shape index (κ2) is 3.76. The van der Waals surface area contributed by atoms with Gasteiger partial charge in [-0.2, -0.15) is 0 Å². The first-order valence-electron chi connectivity index (χ1n) is 4.76. The van der Waals surface area contributed by atoms with E-state index in [0.29, 0.717) is 18.1 Å². The molecule has 0 bridgehead atoms. The van der Waals surface area contributed by atoms with Gasteiger partial charge < -0.3 is 5.32 Å². The van der Waals surface area contributed by atoms with Crippen molar-refractivity contribution in [2.24, 2.45) is 7.05 Å². The fourth-order valence-electron chi connectivity index (χ4n) is 1.67. The Balaban J connectivity index is 2.04. The van der Waals surface area contributed by atoms with Crippen molar-refractivity contribution in [2.75, 3.05) is 16.8 Å². The maximum Gasteiger partial charge on any atom is 0.242 e. The minimum atomic E-state index is -2.89. The molecule has 0 radical (unpaired) electrons. The Hall–Kier alpha value is -1.18. The van der Waals surface area contributed by atoms with Crippen molar-refractivity contribution in [3.05, 3.63) is 0 Å². The summed E-state index contributed by atoms with van der Waals surface area (Å²) < 4.78 is 24.2. The van der Waals surface area contributed by atoms with E-state index in [4.69, 9.17) is 0 Å². The van der Waals surface area contributed by atoms with Gasteiger partial charge in [0.1, 0.15) is 0 Å². The van der Waals surface area contributed by atoms with Crippen LogP contribution >= 0.6 is 0 Å². The Kier molecular flexibility index (Phi) is 2.59. The zero-order valence-corrected chi connectivity index (χ0v) is 9.24. The van der Waals surface area contributed by atoms with Crippen molar-refractivity contribution in [1.82, 2.24) is 20.2 Å². The van der Waals surface area contributed by atoms with Gasteiger partial charge >= 0.3 is 0 Å². The average molecular weight is 231 g/mol. The molecule has 0 aromatic carbocycles. The highest BCUT2D eigenvalue weighted by atomic mass is 32.2. The molecule has 1 aromatic heterocycles. The van der Waals surface area contributed by atoms with Crippen LogP contribution in [-0.4, -0.2) is 46.2 Å². The number of hydrogen-bond donors (Lipinski definition) is 1. The van der Waals surface area contributed by atoms with Crippen molar-refractivity contribution in [1.29, 1.82) is 0 Å². The summed E-state index contributed by atoms with van der Waals surface area (Å²) in [4.78, 5) is 0. The van der Waals surface area contributed by atoms with Gasteiger partial charge in [0.25, 0.3) is 0 Å². The normalized spacial score (nSPS) is 25.0. The predicted octanol–water partition coefficient (Wildman–Crippen LogP) is -0.801. The topological polar surface area (TPSA) is 89.8 Å². The van der Waals surface area contributed by atoms with E-state index in [1.165, 1.54) is 4.68 Å². The van der Waals surface area contributed by atoms with E-state index in [1.54, 1.807) is 7.05 Å². The summed E-state index contributed by atoms with van der Waals surface area (Å²) in [6.45, 7) is 0. The van der Waals surface area contributed by atoms with E-state index < -0.39 is 9.84 Å². The van der Waals surface area contributed by atoms with Gasteiger partial charge in [-0.3, -0.25) is 0 Å². The fourth-order valence-corrected chi connectivity index (χ4v) is 3.31. The van der Waals surface area contributed by atoms with E-state index in [1.807, 2.05) is 0 Å². The van der Waals surface area contributed by atoms with E-state index in [-0.39, 0.29) is 11.8 Å². The van der Waals surface area contributed by atoms with Gasteiger partial charge in [0.2, 0.25) is 5.95 Å². The molecule has 1 aliphatic rings. The molecule has 1 N–H and O–H groups in total. The van der Waals surface area contributed by atoms with Crippen LogP contribution in [0.3, 0.4) is 0 Å². The first-order chi connectivity index (χ1) is 7.07. The summed E-state index contributed by atoms with van der Waals surface area (Å²) in [6, 6.07) is -0.0755. The summed E-state index contributed by atoms with van der Waals surface area (Å²) in [6.07, 6.45) is 1.54. The summed E-state index contributed by atoms with van der Waals surface area (Å²) in [5.41, 5.74) is 0. The average Bonchev–Trinajstić information content (AvgIpc) is 2.50. The smallest absolute Gasteiger partial charge is 0.242 e. The van der Waals surface area contributed by atoms with E-state index in [9.17, 15) is 8.42 Å². The molecule has 1 fully saturated rings. The second-order valence-corrected chi connectivity index (χ2v) is 5.95. The standard InChI is InChI=1S/C7H13N5O2S/c1-12-7(9-10-11-12)8-6-3-2-4-15(13,14)5-6/h6H,2-5H2,1H3,(H,8,9,11). The van der Waals surface area contributed by atoms with Crippen LogP contribution in [0.4, 0.5) is 5.95 Å². The molecule has 0 amide bonds. The lowest BCUT2D eigenvalue weighted by atomic mass is 10.2. The van der Waals surface area contributed by atoms with Crippen LogP contribution in [0.1, 0.15) is 12.8 Å².